The molecule has 0 aliphatic carbocycles. The van der Waals surface area contributed by atoms with E-state index in [1.165, 1.54) is 5.56 Å². The molecule has 1 aromatic heterocycles. The summed E-state index contributed by atoms with van der Waals surface area (Å²) in [4.78, 5) is 11.2. The maximum absolute atomic E-state index is 10.5. The molecule has 0 radical (unpaired) electrons. The van der Waals surface area contributed by atoms with Gasteiger partial charge in [-0.1, -0.05) is 44.2 Å². The summed E-state index contributed by atoms with van der Waals surface area (Å²) in [6, 6.07) is 10.2. The second kappa shape index (κ2) is 7.10. The molecule has 1 fully saturated rings. The van der Waals surface area contributed by atoms with Crippen molar-refractivity contribution in [2.24, 2.45) is 5.41 Å². The number of rotatable bonds is 5. The second-order valence-electron chi connectivity index (χ2n) is 7.87. The van der Waals surface area contributed by atoms with Gasteiger partial charge >= 0.3 is 0 Å². The van der Waals surface area contributed by atoms with Gasteiger partial charge in [-0.3, -0.25) is 4.90 Å². The van der Waals surface area contributed by atoms with Gasteiger partial charge in [-0.05, 0) is 18.9 Å². The van der Waals surface area contributed by atoms with Gasteiger partial charge < -0.3 is 10.4 Å². The van der Waals surface area contributed by atoms with E-state index in [9.17, 15) is 5.11 Å². The zero-order chi connectivity index (χ0) is 17.9. The van der Waals surface area contributed by atoms with E-state index >= 15 is 0 Å². The summed E-state index contributed by atoms with van der Waals surface area (Å²) >= 11 is 0. The molecule has 0 bridgehead atoms. The molecule has 0 amide bonds. The number of benzene rings is 1. The van der Waals surface area contributed by atoms with E-state index in [4.69, 9.17) is 0 Å². The Morgan fingerprint density at radius 3 is 2.40 bits per heavy atom. The molecule has 5 nitrogen and oxygen atoms in total. The van der Waals surface area contributed by atoms with Gasteiger partial charge in [0.2, 0.25) is 5.95 Å². The zero-order valence-electron chi connectivity index (χ0n) is 15.4. The van der Waals surface area contributed by atoms with Gasteiger partial charge in [0.1, 0.15) is 0 Å². The lowest BCUT2D eigenvalue weighted by Gasteiger charge is -2.48. The molecule has 25 heavy (non-hydrogen) atoms. The lowest BCUT2D eigenvalue weighted by atomic mass is 9.71. The Morgan fingerprint density at radius 1 is 1.08 bits per heavy atom. The van der Waals surface area contributed by atoms with Crippen molar-refractivity contribution in [1.82, 2.24) is 14.9 Å². The molecule has 2 aromatic rings. The molecule has 134 valence electrons. The van der Waals surface area contributed by atoms with Crippen LogP contribution in [0.25, 0.3) is 0 Å². The number of nitrogens with one attached hydrogen (secondary N) is 1. The van der Waals surface area contributed by atoms with Crippen LogP contribution in [0.2, 0.25) is 0 Å². The topological polar surface area (TPSA) is 61.3 Å². The predicted molar refractivity (Wildman–Crippen MR) is 100 cm³/mol. The quantitative estimate of drug-likeness (QED) is 0.876. The normalized spacial score (nSPS) is 23.4. The first-order valence-electron chi connectivity index (χ1n) is 8.89. The molecule has 1 aromatic carbocycles. The van der Waals surface area contributed by atoms with Gasteiger partial charge in [-0.2, -0.15) is 0 Å². The summed E-state index contributed by atoms with van der Waals surface area (Å²) in [5.41, 5.74) is 1.58. The Labute approximate surface area is 150 Å². The Hall–Kier alpha value is -1.98. The van der Waals surface area contributed by atoms with Crippen LogP contribution in [0.1, 0.15) is 38.3 Å². The average molecular weight is 340 g/mol. The maximum atomic E-state index is 10.5. The Bertz CT molecular complexity index is 683. The number of nitrogens with zero attached hydrogens (tertiary/aromatic N) is 3. The summed E-state index contributed by atoms with van der Waals surface area (Å²) in [7, 11) is 0. The molecule has 1 saturated heterocycles. The third kappa shape index (κ3) is 4.35. The van der Waals surface area contributed by atoms with Gasteiger partial charge in [0, 0.05) is 49.6 Å². The van der Waals surface area contributed by atoms with Crippen LogP contribution < -0.4 is 5.32 Å². The fourth-order valence-electron chi connectivity index (χ4n) is 3.22. The van der Waals surface area contributed by atoms with Gasteiger partial charge in [0.15, 0.2) is 0 Å². The minimum Gasteiger partial charge on any atom is -0.390 e. The van der Waals surface area contributed by atoms with Gasteiger partial charge in [-0.25, -0.2) is 9.97 Å². The summed E-state index contributed by atoms with van der Waals surface area (Å²) in [6.07, 6.45) is 4.57. The zero-order valence-corrected chi connectivity index (χ0v) is 15.4. The molecule has 0 saturated carbocycles. The van der Waals surface area contributed by atoms with E-state index in [0.29, 0.717) is 5.95 Å². The lowest BCUT2D eigenvalue weighted by molar-refractivity contribution is -0.107. The fraction of sp³-hybridized carbons (Fsp3) is 0.500. The highest BCUT2D eigenvalue weighted by atomic mass is 16.3. The van der Waals surface area contributed by atoms with E-state index in [2.05, 4.69) is 46.2 Å². The van der Waals surface area contributed by atoms with E-state index < -0.39 is 5.60 Å². The first-order valence-corrected chi connectivity index (χ1v) is 8.89. The molecule has 1 aliphatic rings. The van der Waals surface area contributed by atoms with E-state index in [1.54, 1.807) is 0 Å². The monoisotopic (exact) mass is 340 g/mol. The summed E-state index contributed by atoms with van der Waals surface area (Å²) in [5, 5.41) is 13.8. The summed E-state index contributed by atoms with van der Waals surface area (Å²) in [5.74, 6) is 0.648. The van der Waals surface area contributed by atoms with Crippen molar-refractivity contribution in [3.8, 4) is 0 Å². The molecule has 1 aliphatic heterocycles. The highest BCUT2D eigenvalue weighted by molar-refractivity contribution is 5.28. The minimum atomic E-state index is -0.606. The highest BCUT2D eigenvalue weighted by Crippen LogP contribution is 2.38. The molecule has 0 spiro atoms. The molecule has 3 rings (SSSR count). The molecule has 5 heteroatoms. The minimum absolute atomic E-state index is 0.122. The Kier molecular flexibility index (Phi) is 5.06. The van der Waals surface area contributed by atoms with Crippen molar-refractivity contribution in [2.75, 3.05) is 18.4 Å². The number of piperidine rings is 1. The number of hydrogen-bond donors (Lipinski definition) is 2. The second-order valence-corrected chi connectivity index (χ2v) is 7.87. The third-order valence-corrected chi connectivity index (χ3v) is 5.40. The van der Waals surface area contributed by atoms with E-state index in [0.717, 1.165) is 38.2 Å². The molecular formula is C20H28N4O. The van der Waals surface area contributed by atoms with E-state index in [-0.39, 0.29) is 5.41 Å². The van der Waals surface area contributed by atoms with Crippen molar-refractivity contribution in [1.29, 1.82) is 0 Å². The van der Waals surface area contributed by atoms with Crippen LogP contribution in [0.15, 0.2) is 42.7 Å². The molecule has 0 unspecified atom stereocenters. The lowest BCUT2D eigenvalue weighted by Crippen LogP contribution is -2.55. The molecule has 2 heterocycles. The van der Waals surface area contributed by atoms with Crippen LogP contribution in [0.3, 0.4) is 0 Å². The van der Waals surface area contributed by atoms with Crippen molar-refractivity contribution in [3.05, 3.63) is 53.9 Å². The van der Waals surface area contributed by atoms with Gasteiger partial charge in [0.05, 0.1) is 5.60 Å². The Balaban J connectivity index is 1.54. The van der Waals surface area contributed by atoms with Crippen LogP contribution in [-0.2, 0) is 13.1 Å². The smallest absolute Gasteiger partial charge is 0.222 e. The summed E-state index contributed by atoms with van der Waals surface area (Å²) in [6.45, 7) is 9.51. The van der Waals surface area contributed by atoms with Crippen molar-refractivity contribution >= 4 is 5.95 Å². The molecule has 1 atom stereocenters. The number of aliphatic hydroxyl groups is 1. The highest BCUT2D eigenvalue weighted by Gasteiger charge is 2.43. The third-order valence-electron chi connectivity index (χ3n) is 5.40. The molecule has 2 N–H and O–H groups in total. The molecular weight excluding hydrogens is 312 g/mol. The van der Waals surface area contributed by atoms with E-state index in [1.807, 2.05) is 37.5 Å². The first-order chi connectivity index (χ1) is 11.9. The predicted octanol–water partition coefficient (Wildman–Crippen LogP) is 3.07. The van der Waals surface area contributed by atoms with Crippen molar-refractivity contribution in [3.63, 3.8) is 0 Å². The largest absolute Gasteiger partial charge is 0.390 e. The maximum Gasteiger partial charge on any atom is 0.222 e. The van der Waals surface area contributed by atoms with Crippen LogP contribution >= 0.6 is 0 Å². The van der Waals surface area contributed by atoms with Crippen molar-refractivity contribution in [2.45, 2.75) is 45.9 Å². The number of likely N-dealkylation sites (tertiary alicyclic amines) is 1. The van der Waals surface area contributed by atoms with Crippen LogP contribution in [-0.4, -0.2) is 38.7 Å². The number of aromatic nitrogens is 2. The van der Waals surface area contributed by atoms with Crippen LogP contribution in [0.4, 0.5) is 5.95 Å². The SMILES string of the molecule is CC1(C)CN(Cc2cnc(NCc3ccccc3)nc2)CC[C@@]1(C)O. The van der Waals surface area contributed by atoms with Gasteiger partial charge in [-0.15, -0.1) is 0 Å². The van der Waals surface area contributed by atoms with Crippen LogP contribution in [0, 0.1) is 5.41 Å². The van der Waals surface area contributed by atoms with Gasteiger partial charge in [0.25, 0.3) is 0 Å². The fourth-order valence-corrected chi connectivity index (χ4v) is 3.22. The average Bonchev–Trinajstić information content (AvgIpc) is 2.59. The van der Waals surface area contributed by atoms with Crippen LogP contribution in [0.5, 0.6) is 0 Å². The standard InChI is InChI=1S/C20H28N4O/c1-19(2)15-24(10-9-20(19,3)25)14-17-12-22-18(23-13-17)21-11-16-7-5-4-6-8-16/h4-8,12-13,25H,9-11,14-15H2,1-3H3,(H,21,22,23)/t20-/m1/s1. The van der Waals surface area contributed by atoms with Crippen molar-refractivity contribution < 1.29 is 5.11 Å². The number of hydrogen-bond acceptors (Lipinski definition) is 5. The summed E-state index contributed by atoms with van der Waals surface area (Å²) < 4.78 is 0. The number of anilines is 1. The Morgan fingerprint density at radius 2 is 1.76 bits per heavy atom. The first kappa shape index (κ1) is 17.8.